The Labute approximate surface area is 151 Å². The Morgan fingerprint density at radius 1 is 1.20 bits per heavy atom. The van der Waals surface area contributed by atoms with Gasteiger partial charge in [0.15, 0.2) is 0 Å². The number of carbonyl (C=O) groups excluding carboxylic acids is 1. The van der Waals surface area contributed by atoms with Crippen LogP contribution in [0.5, 0.6) is 0 Å². The molecular formula is C16H11ClN4O3S. The van der Waals surface area contributed by atoms with Gasteiger partial charge in [-0.2, -0.15) is 0 Å². The summed E-state index contributed by atoms with van der Waals surface area (Å²) in [5.74, 6) is -0.573. The van der Waals surface area contributed by atoms with Gasteiger partial charge in [0.25, 0.3) is 11.6 Å². The van der Waals surface area contributed by atoms with E-state index in [0.29, 0.717) is 11.6 Å². The lowest BCUT2D eigenvalue weighted by molar-refractivity contribution is -0.384. The summed E-state index contributed by atoms with van der Waals surface area (Å²) in [7, 11) is 0. The minimum atomic E-state index is -0.587. The number of anilines is 1. The molecule has 0 aliphatic carbocycles. The molecule has 0 unspecified atom stereocenters. The quantitative estimate of drug-likeness (QED) is 0.538. The van der Waals surface area contributed by atoms with Crippen LogP contribution in [0, 0.1) is 10.1 Å². The van der Waals surface area contributed by atoms with Crippen LogP contribution in [-0.2, 0) is 6.42 Å². The fourth-order valence-electron chi connectivity index (χ4n) is 2.11. The summed E-state index contributed by atoms with van der Waals surface area (Å²) in [5.41, 5.74) is 0.880. The van der Waals surface area contributed by atoms with Crippen molar-refractivity contribution in [1.82, 2.24) is 10.2 Å². The number of rotatable bonds is 5. The van der Waals surface area contributed by atoms with E-state index in [1.54, 1.807) is 0 Å². The van der Waals surface area contributed by atoms with Crippen molar-refractivity contribution in [2.45, 2.75) is 6.42 Å². The van der Waals surface area contributed by atoms with Crippen molar-refractivity contribution in [3.63, 3.8) is 0 Å². The number of aromatic nitrogens is 2. The van der Waals surface area contributed by atoms with E-state index in [1.807, 2.05) is 30.3 Å². The maximum Gasteiger partial charge on any atom is 0.270 e. The van der Waals surface area contributed by atoms with Crippen LogP contribution in [0.4, 0.5) is 10.8 Å². The van der Waals surface area contributed by atoms with Crippen LogP contribution in [-0.4, -0.2) is 21.0 Å². The smallest absolute Gasteiger partial charge is 0.270 e. The zero-order valence-electron chi connectivity index (χ0n) is 12.7. The number of carbonyl (C=O) groups is 1. The van der Waals surface area contributed by atoms with Gasteiger partial charge in [-0.1, -0.05) is 53.3 Å². The van der Waals surface area contributed by atoms with Gasteiger partial charge in [0.05, 0.1) is 15.5 Å². The molecule has 3 rings (SSSR count). The maximum atomic E-state index is 12.3. The number of hydrogen-bond acceptors (Lipinski definition) is 6. The molecule has 0 saturated carbocycles. The SMILES string of the molecule is O=C(Nc1nnc(Cc2ccccc2)s1)c1cc([N+](=O)[O-])ccc1Cl. The van der Waals surface area contributed by atoms with Gasteiger partial charge < -0.3 is 0 Å². The lowest BCUT2D eigenvalue weighted by Crippen LogP contribution is -2.12. The highest BCUT2D eigenvalue weighted by atomic mass is 35.5. The summed E-state index contributed by atoms with van der Waals surface area (Å²) in [5, 5.41) is 22.5. The van der Waals surface area contributed by atoms with Gasteiger partial charge in [-0.3, -0.25) is 20.2 Å². The zero-order chi connectivity index (χ0) is 17.8. The summed E-state index contributed by atoms with van der Waals surface area (Å²) in [4.78, 5) is 22.5. The Kier molecular flexibility index (Phi) is 5.01. The molecule has 1 heterocycles. The first-order valence-corrected chi connectivity index (χ1v) is 8.34. The van der Waals surface area contributed by atoms with E-state index in [1.165, 1.54) is 23.5 Å². The third-order valence-corrected chi connectivity index (χ3v) is 4.46. The third-order valence-electron chi connectivity index (χ3n) is 3.29. The number of halogens is 1. The molecule has 0 saturated heterocycles. The second-order valence-electron chi connectivity index (χ2n) is 5.04. The van der Waals surface area contributed by atoms with Crippen LogP contribution in [0.15, 0.2) is 48.5 Å². The zero-order valence-corrected chi connectivity index (χ0v) is 14.3. The standard InChI is InChI=1S/C16H11ClN4O3S/c17-13-7-6-11(21(23)24)9-12(13)15(22)18-16-20-19-14(25-16)8-10-4-2-1-3-5-10/h1-7,9H,8H2,(H,18,20,22). The van der Waals surface area contributed by atoms with Crippen LogP contribution in [0.25, 0.3) is 0 Å². The molecule has 1 N–H and O–H groups in total. The van der Waals surface area contributed by atoms with E-state index in [9.17, 15) is 14.9 Å². The van der Waals surface area contributed by atoms with Crippen molar-refractivity contribution in [3.05, 3.63) is 79.8 Å². The highest BCUT2D eigenvalue weighted by Gasteiger charge is 2.17. The molecule has 2 aromatic carbocycles. The third kappa shape index (κ3) is 4.17. The van der Waals surface area contributed by atoms with Crippen LogP contribution in [0.3, 0.4) is 0 Å². The number of benzene rings is 2. The molecule has 0 fully saturated rings. The summed E-state index contributed by atoms with van der Waals surface area (Å²) in [6.45, 7) is 0. The molecule has 0 radical (unpaired) electrons. The van der Waals surface area contributed by atoms with Crippen molar-refractivity contribution in [3.8, 4) is 0 Å². The molecule has 0 atom stereocenters. The summed E-state index contributed by atoms with van der Waals surface area (Å²) in [6, 6.07) is 13.4. The predicted molar refractivity (Wildman–Crippen MR) is 95.2 cm³/mol. The molecule has 0 aliphatic heterocycles. The molecule has 1 amide bonds. The summed E-state index contributed by atoms with van der Waals surface area (Å²) >= 11 is 7.19. The minimum absolute atomic E-state index is 0.00989. The van der Waals surface area contributed by atoms with E-state index < -0.39 is 10.8 Å². The Morgan fingerprint density at radius 3 is 2.68 bits per heavy atom. The average Bonchev–Trinajstić information content (AvgIpc) is 3.02. The first-order chi connectivity index (χ1) is 12.0. The lowest BCUT2D eigenvalue weighted by Gasteiger charge is -2.03. The van der Waals surface area contributed by atoms with Gasteiger partial charge in [0, 0.05) is 18.6 Å². The highest BCUT2D eigenvalue weighted by Crippen LogP contribution is 2.24. The van der Waals surface area contributed by atoms with Gasteiger partial charge >= 0.3 is 0 Å². The van der Waals surface area contributed by atoms with Gasteiger partial charge in [-0.15, -0.1) is 10.2 Å². The van der Waals surface area contributed by atoms with Gasteiger partial charge in [-0.05, 0) is 11.6 Å². The summed E-state index contributed by atoms with van der Waals surface area (Å²) < 4.78 is 0. The maximum absolute atomic E-state index is 12.3. The fraction of sp³-hybridized carbons (Fsp3) is 0.0625. The molecule has 7 nitrogen and oxygen atoms in total. The molecule has 9 heteroatoms. The Balaban J connectivity index is 1.74. The number of non-ortho nitro benzene ring substituents is 1. The molecule has 126 valence electrons. The van der Waals surface area contributed by atoms with Gasteiger partial charge in [0.1, 0.15) is 5.01 Å². The number of hydrogen-bond donors (Lipinski definition) is 1. The first kappa shape index (κ1) is 17.0. The van der Waals surface area contributed by atoms with Crippen LogP contribution >= 0.6 is 22.9 Å². The number of amides is 1. The van der Waals surface area contributed by atoms with Crippen molar-refractivity contribution >= 4 is 39.7 Å². The monoisotopic (exact) mass is 374 g/mol. The van der Waals surface area contributed by atoms with Gasteiger partial charge in [0.2, 0.25) is 5.13 Å². The molecule has 0 aliphatic rings. The van der Waals surface area contributed by atoms with Crippen LogP contribution in [0.2, 0.25) is 5.02 Å². The van der Waals surface area contributed by atoms with Gasteiger partial charge in [-0.25, -0.2) is 0 Å². The Bertz CT molecular complexity index is 930. The first-order valence-electron chi connectivity index (χ1n) is 7.14. The molecule has 3 aromatic rings. The molecular weight excluding hydrogens is 364 g/mol. The normalized spacial score (nSPS) is 10.4. The lowest BCUT2D eigenvalue weighted by atomic mass is 10.2. The van der Waals surface area contributed by atoms with Crippen molar-refractivity contribution in [1.29, 1.82) is 0 Å². The van der Waals surface area contributed by atoms with E-state index in [0.717, 1.165) is 16.6 Å². The Hall–Kier alpha value is -2.84. The van der Waals surface area contributed by atoms with E-state index in [4.69, 9.17) is 11.6 Å². The van der Waals surface area contributed by atoms with Crippen molar-refractivity contribution in [2.75, 3.05) is 5.32 Å². The summed E-state index contributed by atoms with van der Waals surface area (Å²) in [6.07, 6.45) is 0.603. The number of nitro groups is 1. The topological polar surface area (TPSA) is 98.0 Å². The number of nitrogens with one attached hydrogen (secondary N) is 1. The number of nitrogens with zero attached hydrogens (tertiary/aromatic N) is 3. The minimum Gasteiger partial charge on any atom is -0.296 e. The van der Waals surface area contributed by atoms with E-state index >= 15 is 0 Å². The van der Waals surface area contributed by atoms with Crippen LogP contribution in [0.1, 0.15) is 20.9 Å². The second-order valence-corrected chi connectivity index (χ2v) is 6.51. The second kappa shape index (κ2) is 7.37. The van der Waals surface area contributed by atoms with E-state index in [-0.39, 0.29) is 16.3 Å². The Morgan fingerprint density at radius 2 is 1.96 bits per heavy atom. The van der Waals surface area contributed by atoms with E-state index in [2.05, 4.69) is 15.5 Å². The molecule has 0 spiro atoms. The largest absolute Gasteiger partial charge is 0.296 e. The van der Waals surface area contributed by atoms with Crippen LogP contribution < -0.4 is 5.32 Å². The molecule has 1 aromatic heterocycles. The molecule has 25 heavy (non-hydrogen) atoms. The molecule has 0 bridgehead atoms. The number of nitro benzene ring substituents is 1. The predicted octanol–water partition coefficient (Wildman–Crippen LogP) is 3.94. The average molecular weight is 375 g/mol. The van der Waals surface area contributed by atoms with Crippen molar-refractivity contribution in [2.24, 2.45) is 0 Å². The highest BCUT2D eigenvalue weighted by molar-refractivity contribution is 7.15. The van der Waals surface area contributed by atoms with Crippen molar-refractivity contribution < 1.29 is 9.72 Å². The fourth-order valence-corrected chi connectivity index (χ4v) is 3.08.